The molecule has 0 aliphatic carbocycles. The van der Waals surface area contributed by atoms with Gasteiger partial charge >= 0.3 is 0 Å². The molecule has 1 saturated heterocycles. The van der Waals surface area contributed by atoms with Crippen LogP contribution >= 0.6 is 0 Å². The predicted molar refractivity (Wildman–Crippen MR) is 73.8 cm³/mol. The van der Waals surface area contributed by atoms with E-state index in [0.29, 0.717) is 0 Å². The maximum absolute atomic E-state index is 5.37. The van der Waals surface area contributed by atoms with Crippen molar-refractivity contribution in [3.8, 4) is 0 Å². The summed E-state index contributed by atoms with van der Waals surface area (Å²) in [6.07, 6.45) is 9.70. The van der Waals surface area contributed by atoms with Gasteiger partial charge in [0.05, 0.1) is 13.2 Å². The Balaban J connectivity index is 0.00000180. The summed E-state index contributed by atoms with van der Waals surface area (Å²) in [5.74, 6) is 0. The number of pyridine rings is 1. The van der Waals surface area contributed by atoms with Crippen molar-refractivity contribution >= 4 is 5.69 Å². The summed E-state index contributed by atoms with van der Waals surface area (Å²) in [5, 5.41) is 0. The molecular weight excluding hydrogens is 304 g/mol. The number of aromatic nitrogens is 1. The molecule has 0 atom stereocenters. The van der Waals surface area contributed by atoms with Crippen molar-refractivity contribution in [2.45, 2.75) is 39.2 Å². The van der Waals surface area contributed by atoms with Gasteiger partial charge in [0.15, 0.2) is 12.4 Å². The Hall–Kier alpha value is -0.610. The van der Waals surface area contributed by atoms with Crippen LogP contribution in [0.2, 0.25) is 0 Å². The highest BCUT2D eigenvalue weighted by Gasteiger charge is 2.12. The van der Waals surface area contributed by atoms with E-state index in [4.69, 9.17) is 4.74 Å². The van der Waals surface area contributed by atoms with Crippen molar-refractivity contribution < 1.29 is 26.3 Å². The minimum atomic E-state index is 0. The molecule has 0 amide bonds. The second-order valence-electron chi connectivity index (χ2n) is 4.95. The van der Waals surface area contributed by atoms with E-state index < -0.39 is 0 Å². The number of aryl methyl sites for hydroxylation is 1. The van der Waals surface area contributed by atoms with Gasteiger partial charge in [-0.25, -0.2) is 4.57 Å². The lowest BCUT2D eigenvalue weighted by Crippen LogP contribution is -3.00. The zero-order chi connectivity index (χ0) is 12.6. The van der Waals surface area contributed by atoms with E-state index in [1.165, 1.54) is 31.4 Å². The molecule has 2 heterocycles. The van der Waals surface area contributed by atoms with Gasteiger partial charge in [0.1, 0.15) is 6.54 Å². The molecule has 0 radical (unpaired) electrons. The summed E-state index contributed by atoms with van der Waals surface area (Å²) in [4.78, 5) is 2.39. The SMILES string of the molecule is CCCCCC[n+]1ccc(N2CCOCC2)cc1.[Br-]. The normalized spacial score (nSPS) is 15.1. The quantitative estimate of drug-likeness (QED) is 0.512. The number of morpholine rings is 1. The Bertz CT molecular complexity index is 337. The molecule has 19 heavy (non-hydrogen) atoms. The molecule has 0 aromatic carbocycles. The lowest BCUT2D eigenvalue weighted by molar-refractivity contribution is -0.697. The van der Waals surface area contributed by atoms with E-state index in [2.05, 4.69) is 40.9 Å². The highest BCUT2D eigenvalue weighted by Crippen LogP contribution is 2.13. The van der Waals surface area contributed by atoms with Gasteiger partial charge in [0.2, 0.25) is 0 Å². The molecule has 1 aliphatic rings. The van der Waals surface area contributed by atoms with Gasteiger partial charge in [0, 0.05) is 37.3 Å². The van der Waals surface area contributed by atoms with Gasteiger partial charge in [-0.05, 0) is 6.42 Å². The third kappa shape index (κ3) is 5.49. The van der Waals surface area contributed by atoms with Crippen molar-refractivity contribution in [3.05, 3.63) is 24.5 Å². The lowest BCUT2D eigenvalue weighted by atomic mass is 10.2. The molecule has 1 fully saturated rings. The van der Waals surface area contributed by atoms with Crippen LogP contribution in [0.1, 0.15) is 32.6 Å². The molecule has 0 saturated carbocycles. The number of anilines is 1. The van der Waals surface area contributed by atoms with Crippen LogP contribution < -0.4 is 26.4 Å². The summed E-state index contributed by atoms with van der Waals surface area (Å²) >= 11 is 0. The number of hydrogen-bond donors (Lipinski definition) is 0. The number of ether oxygens (including phenoxy) is 1. The molecule has 2 rings (SSSR count). The van der Waals surface area contributed by atoms with E-state index in [1.54, 1.807) is 0 Å². The van der Waals surface area contributed by atoms with Crippen LogP contribution in [-0.4, -0.2) is 26.3 Å². The van der Waals surface area contributed by atoms with Gasteiger partial charge in [-0.1, -0.05) is 19.8 Å². The maximum atomic E-state index is 5.37. The maximum Gasteiger partial charge on any atom is 0.170 e. The Kier molecular flexibility index (Phi) is 8.07. The van der Waals surface area contributed by atoms with Gasteiger partial charge in [-0.2, -0.15) is 0 Å². The summed E-state index contributed by atoms with van der Waals surface area (Å²) < 4.78 is 7.67. The molecule has 0 N–H and O–H groups in total. The van der Waals surface area contributed by atoms with Gasteiger partial charge in [-0.3, -0.25) is 0 Å². The summed E-state index contributed by atoms with van der Waals surface area (Å²) in [7, 11) is 0. The molecule has 1 aromatic heterocycles. The third-order valence-electron chi connectivity index (χ3n) is 3.52. The zero-order valence-corrected chi connectivity index (χ0v) is 13.4. The highest BCUT2D eigenvalue weighted by atomic mass is 79.9. The smallest absolute Gasteiger partial charge is 0.170 e. The summed E-state index contributed by atoms with van der Waals surface area (Å²) in [5.41, 5.74) is 1.32. The van der Waals surface area contributed by atoms with Crippen LogP contribution in [0, 0.1) is 0 Å². The van der Waals surface area contributed by atoms with Crippen LogP contribution in [0.3, 0.4) is 0 Å². The number of halogens is 1. The first kappa shape index (κ1) is 16.4. The van der Waals surface area contributed by atoms with E-state index in [-0.39, 0.29) is 17.0 Å². The Morgan fingerprint density at radius 1 is 1.11 bits per heavy atom. The van der Waals surface area contributed by atoms with Crippen molar-refractivity contribution in [2.75, 3.05) is 31.2 Å². The van der Waals surface area contributed by atoms with Gasteiger partial charge < -0.3 is 26.6 Å². The van der Waals surface area contributed by atoms with Crippen molar-refractivity contribution in [1.29, 1.82) is 0 Å². The predicted octanol–water partition coefficient (Wildman–Crippen LogP) is -0.605. The van der Waals surface area contributed by atoms with Crippen molar-refractivity contribution in [2.24, 2.45) is 0 Å². The number of hydrogen-bond acceptors (Lipinski definition) is 2. The van der Waals surface area contributed by atoms with E-state index in [1.807, 2.05) is 0 Å². The van der Waals surface area contributed by atoms with Crippen LogP contribution in [0.25, 0.3) is 0 Å². The monoisotopic (exact) mass is 328 g/mol. The first-order valence-electron chi connectivity index (χ1n) is 7.22. The Labute approximate surface area is 127 Å². The first-order chi connectivity index (χ1) is 8.90. The second kappa shape index (κ2) is 9.32. The molecular formula is C15H25BrN2O. The fraction of sp³-hybridized carbons (Fsp3) is 0.667. The number of rotatable bonds is 6. The molecule has 3 nitrogen and oxygen atoms in total. The van der Waals surface area contributed by atoms with Crippen LogP contribution in [0.4, 0.5) is 5.69 Å². The molecule has 4 heteroatoms. The standard InChI is InChI=1S/C15H25N2O.BrH/c1-2-3-4-5-8-16-9-6-15(7-10-16)17-11-13-18-14-12-17;/h6-7,9-10H,2-5,8,11-14H2,1H3;1H/q+1;/p-1. The average Bonchev–Trinajstić information content (AvgIpc) is 2.45. The van der Waals surface area contributed by atoms with Crippen LogP contribution in [0.15, 0.2) is 24.5 Å². The number of unbranched alkanes of at least 4 members (excludes halogenated alkanes) is 3. The Morgan fingerprint density at radius 2 is 1.79 bits per heavy atom. The minimum absolute atomic E-state index is 0. The fourth-order valence-electron chi connectivity index (χ4n) is 2.35. The van der Waals surface area contributed by atoms with Crippen LogP contribution in [0.5, 0.6) is 0 Å². The average molecular weight is 329 g/mol. The number of nitrogens with zero attached hydrogens (tertiary/aromatic N) is 2. The van der Waals surface area contributed by atoms with Crippen LogP contribution in [-0.2, 0) is 11.3 Å². The molecule has 0 spiro atoms. The fourth-order valence-corrected chi connectivity index (χ4v) is 2.35. The molecule has 1 aromatic rings. The van der Waals surface area contributed by atoms with Gasteiger partial charge in [-0.15, -0.1) is 0 Å². The van der Waals surface area contributed by atoms with E-state index in [0.717, 1.165) is 32.8 Å². The summed E-state index contributed by atoms with van der Waals surface area (Å²) in [6.45, 7) is 7.13. The molecule has 0 bridgehead atoms. The molecule has 1 aliphatic heterocycles. The highest BCUT2D eigenvalue weighted by molar-refractivity contribution is 5.43. The van der Waals surface area contributed by atoms with E-state index in [9.17, 15) is 0 Å². The first-order valence-corrected chi connectivity index (χ1v) is 7.22. The van der Waals surface area contributed by atoms with E-state index >= 15 is 0 Å². The lowest BCUT2D eigenvalue weighted by Gasteiger charge is -2.28. The Morgan fingerprint density at radius 3 is 2.42 bits per heavy atom. The molecule has 0 unspecified atom stereocenters. The largest absolute Gasteiger partial charge is 1.00 e. The minimum Gasteiger partial charge on any atom is -1.00 e. The summed E-state index contributed by atoms with van der Waals surface area (Å²) in [6, 6.07) is 4.45. The van der Waals surface area contributed by atoms with Crippen molar-refractivity contribution in [1.82, 2.24) is 0 Å². The van der Waals surface area contributed by atoms with Crippen molar-refractivity contribution in [3.63, 3.8) is 0 Å². The zero-order valence-electron chi connectivity index (χ0n) is 11.9. The molecule has 108 valence electrons. The third-order valence-corrected chi connectivity index (χ3v) is 3.52. The van der Waals surface area contributed by atoms with Gasteiger partial charge in [0.25, 0.3) is 0 Å². The topological polar surface area (TPSA) is 16.4 Å². The second-order valence-corrected chi connectivity index (χ2v) is 4.95.